The summed E-state index contributed by atoms with van der Waals surface area (Å²) in [7, 11) is 0. The molecule has 2 aliphatic carbocycles. The summed E-state index contributed by atoms with van der Waals surface area (Å²) in [6, 6.07) is 7.01. The molecule has 4 heteroatoms. The lowest BCUT2D eigenvalue weighted by Crippen LogP contribution is -2.23. The second kappa shape index (κ2) is 5.27. The molecule has 0 aromatic heterocycles. The van der Waals surface area contributed by atoms with Gasteiger partial charge >= 0.3 is 5.97 Å². The molecule has 0 aliphatic heterocycles. The van der Waals surface area contributed by atoms with E-state index in [0.29, 0.717) is 17.9 Å². The first-order valence-electron chi connectivity index (χ1n) is 7.26. The number of benzene rings is 1. The number of ether oxygens (including phenoxy) is 1. The predicted octanol–water partition coefficient (Wildman–Crippen LogP) is 2.85. The Balaban J connectivity index is 1.70. The molecule has 4 nitrogen and oxygen atoms in total. The van der Waals surface area contributed by atoms with E-state index in [4.69, 9.17) is 4.74 Å². The Morgan fingerprint density at radius 2 is 1.90 bits per heavy atom. The highest BCUT2D eigenvalue weighted by atomic mass is 16.5. The highest BCUT2D eigenvalue weighted by Gasteiger charge is 2.48. The summed E-state index contributed by atoms with van der Waals surface area (Å²) >= 11 is 0. The summed E-state index contributed by atoms with van der Waals surface area (Å²) in [6.45, 7) is 2.09. The molecular weight excluding hydrogens is 254 g/mol. The number of esters is 1. The van der Waals surface area contributed by atoms with Gasteiger partial charge in [0.2, 0.25) is 5.91 Å². The maximum atomic E-state index is 12.3. The average molecular weight is 273 g/mol. The van der Waals surface area contributed by atoms with Gasteiger partial charge in [-0.05, 0) is 50.2 Å². The number of para-hydroxylation sites is 1. The molecule has 1 aromatic carbocycles. The fourth-order valence-corrected chi connectivity index (χ4v) is 3.14. The summed E-state index contributed by atoms with van der Waals surface area (Å²) in [5.41, 5.74) is 0.974. The molecule has 1 aromatic rings. The fraction of sp³-hybridized carbons (Fsp3) is 0.500. The summed E-state index contributed by atoms with van der Waals surface area (Å²) < 4.78 is 5.01. The Morgan fingerprint density at radius 3 is 2.60 bits per heavy atom. The molecule has 0 bridgehead atoms. The molecule has 0 saturated heterocycles. The summed E-state index contributed by atoms with van der Waals surface area (Å²) in [6.07, 6.45) is 3.29. The highest BCUT2D eigenvalue weighted by molar-refractivity contribution is 6.01. The van der Waals surface area contributed by atoms with Crippen molar-refractivity contribution in [3.05, 3.63) is 29.8 Å². The zero-order chi connectivity index (χ0) is 14.1. The number of anilines is 1. The monoisotopic (exact) mass is 273 g/mol. The second-order valence-corrected chi connectivity index (χ2v) is 5.68. The fourth-order valence-electron chi connectivity index (χ4n) is 3.14. The van der Waals surface area contributed by atoms with Crippen LogP contribution in [0.3, 0.4) is 0 Å². The smallest absolute Gasteiger partial charge is 0.340 e. The lowest BCUT2D eigenvalue weighted by atomic mass is 10.0. The van der Waals surface area contributed by atoms with E-state index in [1.165, 1.54) is 6.42 Å². The van der Waals surface area contributed by atoms with Gasteiger partial charge in [-0.15, -0.1) is 0 Å². The molecule has 0 spiro atoms. The number of hydrogen-bond acceptors (Lipinski definition) is 3. The standard InChI is InChI=1S/C16H19NO3/c1-2-20-16(19)13-5-3-4-6-14(13)17-15(18)12-8-10-7-11(10)9-12/h3-6,10-12H,2,7-9H2,1H3,(H,17,18). The Bertz CT molecular complexity index is 530. The van der Waals surface area contributed by atoms with Gasteiger partial charge < -0.3 is 10.1 Å². The van der Waals surface area contributed by atoms with Gasteiger partial charge in [-0.1, -0.05) is 12.1 Å². The molecule has 2 fully saturated rings. The first-order valence-corrected chi connectivity index (χ1v) is 7.26. The lowest BCUT2D eigenvalue weighted by molar-refractivity contribution is -0.120. The van der Waals surface area contributed by atoms with Crippen LogP contribution in [-0.4, -0.2) is 18.5 Å². The number of hydrogen-bond donors (Lipinski definition) is 1. The van der Waals surface area contributed by atoms with Gasteiger partial charge in [0.05, 0.1) is 17.9 Å². The van der Waals surface area contributed by atoms with Gasteiger partial charge in [0.15, 0.2) is 0 Å². The SMILES string of the molecule is CCOC(=O)c1ccccc1NC(=O)C1CC2CC2C1. The van der Waals surface area contributed by atoms with Crippen molar-refractivity contribution in [2.75, 3.05) is 11.9 Å². The zero-order valence-electron chi connectivity index (χ0n) is 11.6. The van der Waals surface area contributed by atoms with Gasteiger partial charge in [0.1, 0.15) is 0 Å². The first kappa shape index (κ1) is 13.2. The van der Waals surface area contributed by atoms with E-state index in [1.807, 2.05) is 6.07 Å². The zero-order valence-corrected chi connectivity index (χ0v) is 11.6. The largest absolute Gasteiger partial charge is 0.462 e. The van der Waals surface area contributed by atoms with Gasteiger partial charge in [-0.3, -0.25) is 4.79 Å². The topological polar surface area (TPSA) is 55.4 Å². The van der Waals surface area contributed by atoms with Crippen LogP contribution in [0.2, 0.25) is 0 Å². The minimum absolute atomic E-state index is 0.0361. The van der Waals surface area contributed by atoms with E-state index in [9.17, 15) is 9.59 Å². The summed E-state index contributed by atoms with van der Waals surface area (Å²) in [4.78, 5) is 24.1. The molecule has 2 saturated carbocycles. The quantitative estimate of drug-likeness (QED) is 0.858. The number of rotatable bonds is 4. The number of carbonyl (C=O) groups is 2. The molecule has 0 heterocycles. The van der Waals surface area contributed by atoms with Crippen LogP contribution in [0.15, 0.2) is 24.3 Å². The van der Waals surface area contributed by atoms with Crippen LogP contribution in [0.4, 0.5) is 5.69 Å². The van der Waals surface area contributed by atoms with Crippen LogP contribution in [0.1, 0.15) is 36.5 Å². The van der Waals surface area contributed by atoms with Crippen molar-refractivity contribution >= 4 is 17.6 Å². The lowest BCUT2D eigenvalue weighted by Gasteiger charge is -2.14. The van der Waals surface area contributed by atoms with Crippen molar-refractivity contribution in [1.29, 1.82) is 0 Å². The molecule has 20 heavy (non-hydrogen) atoms. The van der Waals surface area contributed by atoms with Crippen LogP contribution in [-0.2, 0) is 9.53 Å². The number of fused-ring (bicyclic) bond motifs is 1. The van der Waals surface area contributed by atoms with E-state index in [0.717, 1.165) is 24.7 Å². The predicted molar refractivity (Wildman–Crippen MR) is 75.3 cm³/mol. The molecule has 1 amide bonds. The normalized spacial score (nSPS) is 26.8. The Hall–Kier alpha value is -1.84. The van der Waals surface area contributed by atoms with Crippen molar-refractivity contribution in [3.63, 3.8) is 0 Å². The maximum absolute atomic E-state index is 12.3. The Morgan fingerprint density at radius 1 is 1.20 bits per heavy atom. The first-order chi connectivity index (χ1) is 9.69. The maximum Gasteiger partial charge on any atom is 0.340 e. The molecule has 1 N–H and O–H groups in total. The second-order valence-electron chi connectivity index (χ2n) is 5.68. The average Bonchev–Trinajstić information content (AvgIpc) is 3.06. The van der Waals surface area contributed by atoms with Crippen LogP contribution < -0.4 is 5.32 Å². The van der Waals surface area contributed by atoms with Crippen molar-refractivity contribution in [2.45, 2.75) is 26.2 Å². The highest BCUT2D eigenvalue weighted by Crippen LogP contribution is 2.54. The van der Waals surface area contributed by atoms with E-state index in [1.54, 1.807) is 25.1 Å². The van der Waals surface area contributed by atoms with Crippen molar-refractivity contribution < 1.29 is 14.3 Å². The van der Waals surface area contributed by atoms with Crippen LogP contribution >= 0.6 is 0 Å². The molecule has 3 rings (SSSR count). The molecular formula is C16H19NO3. The number of amides is 1. The van der Waals surface area contributed by atoms with E-state index in [-0.39, 0.29) is 11.8 Å². The minimum atomic E-state index is -0.391. The van der Waals surface area contributed by atoms with Gasteiger partial charge in [0, 0.05) is 5.92 Å². The van der Waals surface area contributed by atoms with E-state index in [2.05, 4.69) is 5.32 Å². The number of nitrogens with one attached hydrogen (secondary N) is 1. The third kappa shape index (κ3) is 2.55. The molecule has 106 valence electrons. The Kier molecular flexibility index (Phi) is 3.47. The van der Waals surface area contributed by atoms with E-state index < -0.39 is 5.97 Å². The molecule has 2 atom stereocenters. The van der Waals surface area contributed by atoms with Gasteiger partial charge in [-0.25, -0.2) is 4.79 Å². The summed E-state index contributed by atoms with van der Waals surface area (Å²) in [5, 5.41) is 2.89. The molecule has 0 radical (unpaired) electrons. The van der Waals surface area contributed by atoms with Crippen LogP contribution in [0.25, 0.3) is 0 Å². The van der Waals surface area contributed by atoms with Gasteiger partial charge in [0.25, 0.3) is 0 Å². The minimum Gasteiger partial charge on any atom is -0.462 e. The third-order valence-corrected chi connectivity index (χ3v) is 4.29. The summed E-state index contributed by atoms with van der Waals surface area (Å²) in [5.74, 6) is 1.29. The number of carbonyl (C=O) groups excluding carboxylic acids is 2. The molecule has 2 unspecified atom stereocenters. The van der Waals surface area contributed by atoms with Crippen molar-refractivity contribution in [1.82, 2.24) is 0 Å². The molecule has 2 aliphatic rings. The Labute approximate surface area is 118 Å². The van der Waals surface area contributed by atoms with Crippen molar-refractivity contribution in [2.24, 2.45) is 17.8 Å². The van der Waals surface area contributed by atoms with E-state index >= 15 is 0 Å². The van der Waals surface area contributed by atoms with Gasteiger partial charge in [-0.2, -0.15) is 0 Å². The van der Waals surface area contributed by atoms with Crippen LogP contribution in [0, 0.1) is 17.8 Å². The van der Waals surface area contributed by atoms with Crippen molar-refractivity contribution in [3.8, 4) is 0 Å². The van der Waals surface area contributed by atoms with Crippen LogP contribution in [0.5, 0.6) is 0 Å². The third-order valence-electron chi connectivity index (χ3n) is 4.29.